The summed E-state index contributed by atoms with van der Waals surface area (Å²) in [5.41, 5.74) is 0.598. The second kappa shape index (κ2) is 3.63. The molecular formula is C9H6BrClN2O. The largest absolute Gasteiger partial charge is 0.330 e. The molecule has 5 heteroatoms. The van der Waals surface area contributed by atoms with E-state index in [0.717, 1.165) is 5.69 Å². The molecule has 0 saturated carbocycles. The van der Waals surface area contributed by atoms with Crippen LogP contribution in [0.5, 0.6) is 0 Å². The minimum Gasteiger partial charge on any atom is -0.300 e. The van der Waals surface area contributed by atoms with Crippen LogP contribution in [0.25, 0.3) is 5.69 Å². The van der Waals surface area contributed by atoms with Crippen molar-refractivity contribution in [2.24, 2.45) is 0 Å². The molecule has 0 fully saturated rings. The Morgan fingerprint density at radius 1 is 1.29 bits per heavy atom. The van der Waals surface area contributed by atoms with E-state index in [2.05, 4.69) is 20.9 Å². The first kappa shape index (κ1) is 9.55. The van der Waals surface area contributed by atoms with Gasteiger partial charge in [-0.1, -0.05) is 11.6 Å². The quantitative estimate of drug-likeness (QED) is 0.852. The van der Waals surface area contributed by atoms with Crippen molar-refractivity contribution in [1.29, 1.82) is 0 Å². The molecule has 1 aromatic carbocycles. The standard InChI is InChI=1S/C9H6BrClN2O/c10-8-5-13(9(14)12-8)7-3-1-6(11)2-4-7/h1-5H,(H,12,14). The Morgan fingerprint density at radius 2 is 1.93 bits per heavy atom. The Hall–Kier alpha value is -1.00. The summed E-state index contributed by atoms with van der Waals surface area (Å²) < 4.78 is 2.15. The van der Waals surface area contributed by atoms with E-state index in [4.69, 9.17) is 11.6 Å². The number of halogens is 2. The monoisotopic (exact) mass is 272 g/mol. The number of imidazole rings is 1. The summed E-state index contributed by atoms with van der Waals surface area (Å²) in [5, 5.41) is 0.649. The van der Waals surface area contributed by atoms with Crippen molar-refractivity contribution in [3.63, 3.8) is 0 Å². The third-order valence-corrected chi connectivity index (χ3v) is 2.45. The van der Waals surface area contributed by atoms with Gasteiger partial charge in [-0.05, 0) is 40.2 Å². The van der Waals surface area contributed by atoms with Crippen LogP contribution in [0.1, 0.15) is 0 Å². The number of benzene rings is 1. The van der Waals surface area contributed by atoms with Crippen molar-refractivity contribution in [3.05, 3.63) is 50.6 Å². The van der Waals surface area contributed by atoms with Crippen molar-refractivity contribution >= 4 is 27.5 Å². The predicted octanol–water partition coefficient (Wildman–Crippen LogP) is 2.58. The molecule has 3 nitrogen and oxygen atoms in total. The zero-order chi connectivity index (χ0) is 10.1. The van der Waals surface area contributed by atoms with Crippen molar-refractivity contribution < 1.29 is 0 Å². The molecule has 0 unspecified atom stereocenters. The predicted molar refractivity (Wildman–Crippen MR) is 59.1 cm³/mol. The van der Waals surface area contributed by atoms with Gasteiger partial charge in [0.05, 0.1) is 5.69 Å². The molecule has 0 atom stereocenters. The molecule has 72 valence electrons. The van der Waals surface area contributed by atoms with E-state index in [1.807, 2.05) is 0 Å². The molecule has 1 heterocycles. The number of aromatic amines is 1. The van der Waals surface area contributed by atoms with Crippen LogP contribution in [0, 0.1) is 0 Å². The number of rotatable bonds is 1. The van der Waals surface area contributed by atoms with Gasteiger partial charge in [0.15, 0.2) is 0 Å². The maximum atomic E-state index is 11.4. The third kappa shape index (κ3) is 1.76. The molecule has 2 rings (SSSR count). The van der Waals surface area contributed by atoms with Crippen molar-refractivity contribution in [1.82, 2.24) is 9.55 Å². The molecule has 0 radical (unpaired) electrons. The van der Waals surface area contributed by atoms with Crippen molar-refractivity contribution in [3.8, 4) is 5.69 Å². The van der Waals surface area contributed by atoms with E-state index in [0.29, 0.717) is 9.63 Å². The number of nitrogens with zero attached hydrogens (tertiary/aromatic N) is 1. The Labute approximate surface area is 93.5 Å². The van der Waals surface area contributed by atoms with Crippen LogP contribution in [-0.4, -0.2) is 9.55 Å². The Balaban J connectivity index is 2.54. The van der Waals surface area contributed by atoms with Crippen LogP contribution in [0.15, 0.2) is 39.9 Å². The zero-order valence-electron chi connectivity index (χ0n) is 7.00. The van der Waals surface area contributed by atoms with Crippen LogP contribution >= 0.6 is 27.5 Å². The molecule has 1 aromatic heterocycles. The van der Waals surface area contributed by atoms with Gasteiger partial charge in [0.2, 0.25) is 0 Å². The molecule has 0 bridgehead atoms. The van der Waals surface area contributed by atoms with Crippen LogP contribution < -0.4 is 5.69 Å². The first-order valence-electron chi connectivity index (χ1n) is 3.90. The van der Waals surface area contributed by atoms with Gasteiger partial charge in [0, 0.05) is 11.2 Å². The van der Waals surface area contributed by atoms with E-state index in [1.165, 1.54) is 4.57 Å². The minimum atomic E-state index is -0.181. The molecule has 2 aromatic rings. The number of nitrogens with one attached hydrogen (secondary N) is 1. The summed E-state index contributed by atoms with van der Waals surface area (Å²) in [6.45, 7) is 0. The van der Waals surface area contributed by atoms with E-state index >= 15 is 0 Å². The topological polar surface area (TPSA) is 37.8 Å². The van der Waals surface area contributed by atoms with Crippen molar-refractivity contribution in [2.75, 3.05) is 0 Å². The van der Waals surface area contributed by atoms with Gasteiger partial charge in [-0.25, -0.2) is 4.79 Å². The van der Waals surface area contributed by atoms with E-state index in [1.54, 1.807) is 30.5 Å². The van der Waals surface area contributed by atoms with Crippen LogP contribution in [0.2, 0.25) is 5.02 Å². The second-order valence-electron chi connectivity index (χ2n) is 2.75. The average molecular weight is 274 g/mol. The zero-order valence-corrected chi connectivity index (χ0v) is 9.34. The number of aromatic nitrogens is 2. The van der Waals surface area contributed by atoms with Gasteiger partial charge >= 0.3 is 5.69 Å². The first-order chi connectivity index (χ1) is 6.66. The molecule has 0 aliphatic rings. The summed E-state index contributed by atoms with van der Waals surface area (Å²) in [6.07, 6.45) is 1.67. The molecule has 0 aliphatic heterocycles. The summed E-state index contributed by atoms with van der Waals surface area (Å²) in [5.74, 6) is 0. The smallest absolute Gasteiger partial charge is 0.300 e. The summed E-state index contributed by atoms with van der Waals surface area (Å²) in [6, 6.07) is 7.04. The highest BCUT2D eigenvalue weighted by Gasteiger charge is 2.02. The number of hydrogen-bond acceptors (Lipinski definition) is 1. The second-order valence-corrected chi connectivity index (χ2v) is 4.04. The highest BCUT2D eigenvalue weighted by atomic mass is 79.9. The first-order valence-corrected chi connectivity index (χ1v) is 5.07. The van der Waals surface area contributed by atoms with Gasteiger partial charge in [-0.2, -0.15) is 0 Å². The Kier molecular flexibility index (Phi) is 2.48. The number of H-pyrrole nitrogens is 1. The SMILES string of the molecule is O=c1[nH]c(Br)cn1-c1ccc(Cl)cc1. The molecule has 0 spiro atoms. The lowest BCUT2D eigenvalue weighted by atomic mass is 10.3. The van der Waals surface area contributed by atoms with Crippen LogP contribution in [0.4, 0.5) is 0 Å². The van der Waals surface area contributed by atoms with Crippen LogP contribution in [-0.2, 0) is 0 Å². The maximum absolute atomic E-state index is 11.4. The molecule has 0 saturated heterocycles. The van der Waals surface area contributed by atoms with Gasteiger partial charge in [0.25, 0.3) is 0 Å². The van der Waals surface area contributed by atoms with E-state index < -0.39 is 0 Å². The molecule has 1 N–H and O–H groups in total. The van der Waals surface area contributed by atoms with Gasteiger partial charge in [-0.3, -0.25) is 9.55 Å². The fraction of sp³-hybridized carbons (Fsp3) is 0. The summed E-state index contributed by atoms with van der Waals surface area (Å²) >= 11 is 8.93. The molecule has 0 aliphatic carbocycles. The fourth-order valence-electron chi connectivity index (χ4n) is 1.16. The molecule has 14 heavy (non-hydrogen) atoms. The third-order valence-electron chi connectivity index (χ3n) is 1.79. The highest BCUT2D eigenvalue weighted by Crippen LogP contribution is 2.13. The lowest BCUT2D eigenvalue weighted by Gasteiger charge is -1.99. The normalized spacial score (nSPS) is 10.4. The molecule has 0 amide bonds. The summed E-state index contributed by atoms with van der Waals surface area (Å²) in [7, 11) is 0. The van der Waals surface area contributed by atoms with Gasteiger partial charge < -0.3 is 0 Å². The fourth-order valence-corrected chi connectivity index (χ4v) is 1.66. The highest BCUT2D eigenvalue weighted by molar-refractivity contribution is 9.10. The average Bonchev–Trinajstić information content (AvgIpc) is 2.47. The van der Waals surface area contributed by atoms with E-state index in [9.17, 15) is 4.79 Å². The van der Waals surface area contributed by atoms with Crippen molar-refractivity contribution in [2.45, 2.75) is 0 Å². The maximum Gasteiger partial charge on any atom is 0.330 e. The lowest BCUT2D eigenvalue weighted by Crippen LogP contribution is -2.13. The van der Waals surface area contributed by atoms with Crippen LogP contribution in [0.3, 0.4) is 0 Å². The van der Waals surface area contributed by atoms with Gasteiger partial charge in [-0.15, -0.1) is 0 Å². The molecular weight excluding hydrogens is 267 g/mol. The van der Waals surface area contributed by atoms with E-state index in [-0.39, 0.29) is 5.69 Å². The Morgan fingerprint density at radius 3 is 2.43 bits per heavy atom. The summed E-state index contributed by atoms with van der Waals surface area (Å²) in [4.78, 5) is 14.0. The number of hydrogen-bond donors (Lipinski definition) is 1. The minimum absolute atomic E-state index is 0.181. The van der Waals surface area contributed by atoms with Gasteiger partial charge in [0.1, 0.15) is 4.60 Å². The lowest BCUT2D eigenvalue weighted by molar-refractivity contribution is 0.987. The Bertz CT molecular complexity index is 500.